The van der Waals surface area contributed by atoms with E-state index in [0.29, 0.717) is 25.7 Å². The molecule has 0 amide bonds. The topological polar surface area (TPSA) is 48.4 Å². The van der Waals surface area contributed by atoms with Crippen LogP contribution in [0.4, 0.5) is 17.6 Å². The number of aromatic nitrogens is 1. The minimum Gasteiger partial charge on any atom is -0.481 e. The Morgan fingerprint density at radius 1 is 1.17 bits per heavy atom. The summed E-state index contributed by atoms with van der Waals surface area (Å²) in [6.07, 6.45) is 2.45. The van der Waals surface area contributed by atoms with E-state index in [1.165, 1.54) is 7.11 Å². The first kappa shape index (κ1) is 16.0. The van der Waals surface area contributed by atoms with Crippen LogP contribution in [0, 0.1) is 35.4 Å². The number of pyridine rings is 1. The molecule has 0 aliphatic heterocycles. The van der Waals surface area contributed by atoms with Crippen molar-refractivity contribution in [1.29, 1.82) is 0 Å². The number of halogens is 4. The molecule has 8 heteroatoms. The minimum atomic E-state index is -1.76. The molecule has 23 heavy (non-hydrogen) atoms. The van der Waals surface area contributed by atoms with Crippen molar-refractivity contribution in [3.63, 3.8) is 0 Å². The zero-order chi connectivity index (χ0) is 16.8. The fourth-order valence-electron chi connectivity index (χ4n) is 3.77. The third-order valence-electron chi connectivity index (χ3n) is 4.72. The smallest absolute Gasteiger partial charge is 0.308 e. The van der Waals surface area contributed by atoms with Gasteiger partial charge < -0.3 is 9.47 Å². The van der Waals surface area contributed by atoms with Crippen molar-refractivity contribution in [1.82, 2.24) is 4.98 Å². The Kier molecular flexibility index (Phi) is 3.93. The van der Waals surface area contributed by atoms with Crippen LogP contribution in [0.15, 0.2) is 0 Å². The average molecular weight is 333 g/mol. The predicted octanol–water partition coefficient (Wildman–Crippen LogP) is 3.14. The van der Waals surface area contributed by atoms with Crippen molar-refractivity contribution in [2.24, 2.45) is 11.8 Å². The number of esters is 1. The number of carbonyl (C=O) groups excluding carboxylic acids is 1. The van der Waals surface area contributed by atoms with E-state index in [1.807, 2.05) is 0 Å². The van der Waals surface area contributed by atoms with Crippen molar-refractivity contribution >= 4 is 5.97 Å². The van der Waals surface area contributed by atoms with Crippen LogP contribution in [-0.4, -0.2) is 23.7 Å². The average Bonchev–Trinajstić information content (AvgIpc) is 2.83. The molecule has 0 N–H and O–H groups in total. The molecule has 4 nitrogen and oxygen atoms in total. The van der Waals surface area contributed by atoms with Crippen LogP contribution in [-0.2, 0) is 9.53 Å². The normalized spacial score (nSPS) is 29.4. The van der Waals surface area contributed by atoms with E-state index in [0.717, 1.165) is 0 Å². The molecule has 1 aromatic rings. The second-order valence-electron chi connectivity index (χ2n) is 6.20. The number of rotatable bonds is 3. The molecule has 0 spiro atoms. The summed E-state index contributed by atoms with van der Waals surface area (Å²) in [7, 11) is 1.26. The van der Waals surface area contributed by atoms with Crippen molar-refractivity contribution in [2.45, 2.75) is 37.7 Å². The fraction of sp³-hybridized carbons (Fsp3) is 0.600. The maximum absolute atomic E-state index is 13.8. The first-order valence-electron chi connectivity index (χ1n) is 7.32. The Hall–Kier alpha value is -1.86. The van der Waals surface area contributed by atoms with Crippen molar-refractivity contribution < 1.29 is 31.8 Å². The van der Waals surface area contributed by atoms with E-state index in [4.69, 9.17) is 9.47 Å². The van der Waals surface area contributed by atoms with Gasteiger partial charge in [-0.05, 0) is 31.6 Å². The maximum Gasteiger partial charge on any atom is 0.308 e. The van der Waals surface area contributed by atoms with Crippen molar-refractivity contribution in [2.75, 3.05) is 7.11 Å². The first-order valence-corrected chi connectivity index (χ1v) is 7.32. The third-order valence-corrected chi connectivity index (χ3v) is 4.72. The van der Waals surface area contributed by atoms with Gasteiger partial charge in [-0.2, -0.15) is 22.5 Å². The van der Waals surface area contributed by atoms with Crippen LogP contribution < -0.4 is 4.74 Å². The zero-order valence-corrected chi connectivity index (χ0v) is 12.4. The van der Waals surface area contributed by atoms with Gasteiger partial charge in [-0.15, -0.1) is 0 Å². The molecule has 2 aliphatic carbocycles. The Labute approximate surface area is 129 Å². The second-order valence-corrected chi connectivity index (χ2v) is 6.20. The molecule has 3 unspecified atom stereocenters. The molecular weight excluding hydrogens is 318 g/mol. The lowest BCUT2D eigenvalue weighted by Crippen LogP contribution is -2.41. The third kappa shape index (κ3) is 2.74. The van der Waals surface area contributed by atoms with Gasteiger partial charge in [0, 0.05) is 6.42 Å². The molecular formula is C15H15F4NO3. The van der Waals surface area contributed by atoms with Gasteiger partial charge in [0.1, 0.15) is 5.60 Å². The summed E-state index contributed by atoms with van der Waals surface area (Å²) in [6.45, 7) is 0. The van der Waals surface area contributed by atoms with Crippen LogP contribution in [0.3, 0.4) is 0 Å². The molecule has 2 saturated carbocycles. The quantitative estimate of drug-likeness (QED) is 0.484. The second kappa shape index (κ2) is 5.65. The number of hydrogen-bond acceptors (Lipinski definition) is 4. The van der Waals surface area contributed by atoms with E-state index < -0.39 is 46.8 Å². The Morgan fingerprint density at radius 2 is 1.83 bits per heavy atom. The summed E-state index contributed by atoms with van der Waals surface area (Å²) in [4.78, 5) is 14.3. The highest BCUT2D eigenvalue weighted by Gasteiger charge is 2.50. The monoisotopic (exact) mass is 333 g/mol. The first-order chi connectivity index (χ1) is 10.8. The van der Waals surface area contributed by atoms with Crippen LogP contribution in [0.5, 0.6) is 5.75 Å². The lowest BCUT2D eigenvalue weighted by Gasteiger charge is -2.37. The van der Waals surface area contributed by atoms with E-state index in [-0.39, 0.29) is 12.3 Å². The molecule has 1 aromatic heterocycles. The molecule has 3 atom stereocenters. The van der Waals surface area contributed by atoms with Gasteiger partial charge in [0.2, 0.25) is 17.4 Å². The van der Waals surface area contributed by atoms with Crippen molar-refractivity contribution in [3.8, 4) is 5.75 Å². The molecule has 0 radical (unpaired) electrons. The molecule has 126 valence electrons. The van der Waals surface area contributed by atoms with Gasteiger partial charge >= 0.3 is 5.97 Å². The Balaban J connectivity index is 1.92. The minimum absolute atomic E-state index is 0.149. The highest BCUT2D eigenvalue weighted by atomic mass is 19.2. The predicted molar refractivity (Wildman–Crippen MR) is 69.5 cm³/mol. The lowest BCUT2D eigenvalue weighted by atomic mass is 9.78. The highest BCUT2D eigenvalue weighted by molar-refractivity contribution is 5.72. The molecule has 1 heterocycles. The highest BCUT2D eigenvalue weighted by Crippen LogP contribution is 2.50. The standard InChI is InChI=1S/C15H15F4NO3/c1-22-14(21)8-4-7-2-3-15(5-7,6-8)23-11-9(16)12(18)20-13(19)10(11)17/h7-8H,2-6H2,1H3. The summed E-state index contributed by atoms with van der Waals surface area (Å²) in [5, 5.41) is 0. The lowest BCUT2D eigenvalue weighted by molar-refractivity contribution is -0.149. The maximum atomic E-state index is 13.8. The van der Waals surface area contributed by atoms with E-state index in [2.05, 4.69) is 4.98 Å². The molecule has 2 fully saturated rings. The van der Waals surface area contributed by atoms with Crippen LogP contribution in [0.2, 0.25) is 0 Å². The summed E-state index contributed by atoms with van der Waals surface area (Å²) in [6, 6.07) is 0. The summed E-state index contributed by atoms with van der Waals surface area (Å²) >= 11 is 0. The van der Waals surface area contributed by atoms with Crippen LogP contribution in [0.1, 0.15) is 32.1 Å². The number of ether oxygens (including phenoxy) is 2. The number of nitrogens with zero attached hydrogens (tertiary/aromatic N) is 1. The Morgan fingerprint density at radius 3 is 2.43 bits per heavy atom. The van der Waals surface area contributed by atoms with E-state index >= 15 is 0 Å². The molecule has 2 aliphatic rings. The molecule has 0 saturated heterocycles. The van der Waals surface area contributed by atoms with Gasteiger partial charge in [0.15, 0.2) is 0 Å². The number of methoxy groups -OCH3 is 1. The van der Waals surface area contributed by atoms with E-state index in [9.17, 15) is 22.4 Å². The molecule has 0 aromatic carbocycles. The Bertz CT molecular complexity index is 628. The SMILES string of the molecule is COC(=O)C1CC2CCC(Oc3c(F)c(F)nc(F)c3F)(C2)C1. The molecule has 2 bridgehead atoms. The van der Waals surface area contributed by atoms with Gasteiger partial charge in [-0.25, -0.2) is 0 Å². The van der Waals surface area contributed by atoms with Crippen LogP contribution >= 0.6 is 0 Å². The zero-order valence-electron chi connectivity index (χ0n) is 12.4. The van der Waals surface area contributed by atoms with Gasteiger partial charge in [-0.3, -0.25) is 4.79 Å². The fourth-order valence-corrected chi connectivity index (χ4v) is 3.77. The van der Waals surface area contributed by atoms with Gasteiger partial charge in [-0.1, -0.05) is 0 Å². The summed E-state index contributed by atoms with van der Waals surface area (Å²) in [5.74, 6) is -8.68. The van der Waals surface area contributed by atoms with Crippen molar-refractivity contribution in [3.05, 3.63) is 23.5 Å². The number of carbonyl (C=O) groups is 1. The summed E-state index contributed by atoms with van der Waals surface area (Å²) < 4.78 is 64.1. The number of hydrogen-bond donors (Lipinski definition) is 0. The van der Waals surface area contributed by atoms with Crippen LogP contribution in [0.25, 0.3) is 0 Å². The van der Waals surface area contributed by atoms with Gasteiger partial charge in [0.05, 0.1) is 13.0 Å². The van der Waals surface area contributed by atoms with E-state index in [1.54, 1.807) is 0 Å². The number of fused-ring (bicyclic) bond motifs is 2. The van der Waals surface area contributed by atoms with Gasteiger partial charge in [0.25, 0.3) is 11.9 Å². The molecule has 3 rings (SSSR count). The summed E-state index contributed by atoms with van der Waals surface area (Å²) in [5.41, 5.74) is -1.02. The largest absolute Gasteiger partial charge is 0.481 e.